The lowest BCUT2D eigenvalue weighted by molar-refractivity contribution is 0.181. The summed E-state index contributed by atoms with van der Waals surface area (Å²) in [5, 5.41) is 11.3. The molecule has 0 bridgehead atoms. The molecular weight excluding hydrogens is 317 g/mol. The van der Waals surface area contributed by atoms with E-state index in [0.29, 0.717) is 6.42 Å². The second kappa shape index (κ2) is 5.07. The van der Waals surface area contributed by atoms with Gasteiger partial charge in [-0.3, -0.25) is 0 Å². The Kier molecular flexibility index (Phi) is 3.80. The number of fused-ring (bicyclic) bond motifs is 1. The molecule has 1 atom stereocenters. The third kappa shape index (κ3) is 2.88. The Hall–Kier alpha value is -1.18. The number of ether oxygens (including phenoxy) is 1. The number of carboxylic acid groups (broad SMARTS) is 1. The minimum atomic E-state index is -4.00. The first-order chi connectivity index (χ1) is 8.80. The maximum absolute atomic E-state index is 11.5. The first kappa shape index (κ1) is 14.2. The molecule has 2 rings (SSSR count). The summed E-state index contributed by atoms with van der Waals surface area (Å²) in [6.45, 7) is 0.164. The quantitative estimate of drug-likeness (QED) is 0.814. The molecule has 1 aliphatic rings. The van der Waals surface area contributed by atoms with Gasteiger partial charge in [0.2, 0.25) is 0 Å². The zero-order chi connectivity index (χ0) is 14.2. The fourth-order valence-corrected chi connectivity index (χ4v) is 3.20. The van der Waals surface area contributed by atoms with Crippen molar-refractivity contribution in [1.29, 1.82) is 0 Å². The molecule has 1 aromatic carbocycles. The van der Waals surface area contributed by atoms with E-state index in [0.717, 1.165) is 0 Å². The Morgan fingerprint density at radius 3 is 2.74 bits per heavy atom. The van der Waals surface area contributed by atoms with Crippen LogP contribution in [0, 0.1) is 0 Å². The molecule has 19 heavy (non-hydrogen) atoms. The van der Waals surface area contributed by atoms with Crippen molar-refractivity contribution in [3.63, 3.8) is 0 Å². The summed E-state index contributed by atoms with van der Waals surface area (Å²) in [6, 6.07) is 1.94. The predicted octanol–water partition coefficient (Wildman–Crippen LogP) is 2.36. The number of carbonyl (C=O) groups is 1. The molecule has 1 aliphatic heterocycles. The minimum Gasteiger partial charge on any atom is -0.492 e. The molecule has 2 N–H and O–H groups in total. The molecule has 0 radical (unpaired) electrons. The molecule has 6 nitrogen and oxygen atoms in total. The fraction of sp³-hybridized carbons (Fsp3) is 0.300. The van der Waals surface area contributed by atoms with Crippen LogP contribution in [0.15, 0.2) is 17.0 Å². The van der Waals surface area contributed by atoms with Gasteiger partial charge in [0.05, 0.1) is 12.6 Å². The Labute approximate surface area is 118 Å². The average molecular weight is 326 g/mol. The zero-order valence-electron chi connectivity index (χ0n) is 9.39. The highest BCUT2D eigenvalue weighted by atomic mass is 35.7. The van der Waals surface area contributed by atoms with E-state index in [1.54, 1.807) is 0 Å². The smallest absolute Gasteiger partial charge is 0.405 e. The van der Waals surface area contributed by atoms with E-state index < -0.39 is 21.2 Å². The molecule has 1 amide bonds. The van der Waals surface area contributed by atoms with E-state index in [1.807, 2.05) is 0 Å². The van der Waals surface area contributed by atoms with Crippen LogP contribution in [0.3, 0.4) is 0 Å². The summed E-state index contributed by atoms with van der Waals surface area (Å²) in [6.07, 6.45) is -0.877. The Morgan fingerprint density at radius 1 is 1.47 bits per heavy atom. The van der Waals surface area contributed by atoms with Gasteiger partial charge in [-0.25, -0.2) is 13.2 Å². The first-order valence-corrected chi connectivity index (χ1v) is 7.88. The first-order valence-electron chi connectivity index (χ1n) is 5.20. The number of nitrogens with one attached hydrogen (secondary N) is 1. The molecule has 0 saturated heterocycles. The second-order valence-electron chi connectivity index (χ2n) is 3.87. The van der Waals surface area contributed by atoms with Crippen molar-refractivity contribution >= 4 is 37.4 Å². The van der Waals surface area contributed by atoms with E-state index in [-0.39, 0.29) is 27.8 Å². The molecular formula is C10H9Cl2NO5S. The maximum atomic E-state index is 11.5. The van der Waals surface area contributed by atoms with Crippen molar-refractivity contribution in [3.05, 3.63) is 22.7 Å². The van der Waals surface area contributed by atoms with Crippen molar-refractivity contribution in [1.82, 2.24) is 5.32 Å². The largest absolute Gasteiger partial charge is 0.492 e. The summed E-state index contributed by atoms with van der Waals surface area (Å²) in [7, 11) is 1.31. The van der Waals surface area contributed by atoms with Gasteiger partial charge in [0, 0.05) is 27.7 Å². The fourth-order valence-electron chi connectivity index (χ4n) is 1.94. The Bertz CT molecular complexity index is 631. The number of benzene rings is 1. The number of hydrogen-bond acceptors (Lipinski definition) is 4. The molecule has 0 fully saturated rings. The van der Waals surface area contributed by atoms with Crippen molar-refractivity contribution in [2.45, 2.75) is 17.4 Å². The second-order valence-corrected chi connectivity index (χ2v) is 6.81. The van der Waals surface area contributed by atoms with Crippen LogP contribution in [0.2, 0.25) is 5.02 Å². The van der Waals surface area contributed by atoms with Crippen LogP contribution in [0.4, 0.5) is 4.79 Å². The summed E-state index contributed by atoms with van der Waals surface area (Å²) in [5.74, 6) is 0.00694. The van der Waals surface area contributed by atoms with Gasteiger partial charge in [0.1, 0.15) is 10.6 Å². The van der Waals surface area contributed by atoms with Gasteiger partial charge in [-0.05, 0) is 12.1 Å². The summed E-state index contributed by atoms with van der Waals surface area (Å²) in [4.78, 5) is 10.5. The van der Waals surface area contributed by atoms with E-state index in [1.165, 1.54) is 12.1 Å². The van der Waals surface area contributed by atoms with Gasteiger partial charge in [-0.2, -0.15) is 0 Å². The van der Waals surface area contributed by atoms with Crippen LogP contribution in [-0.4, -0.2) is 26.2 Å². The van der Waals surface area contributed by atoms with Crippen molar-refractivity contribution in [3.8, 4) is 5.75 Å². The summed E-state index contributed by atoms with van der Waals surface area (Å²) < 4.78 is 28.2. The lowest BCUT2D eigenvalue weighted by Crippen LogP contribution is -2.31. The molecule has 9 heteroatoms. The Balaban J connectivity index is 2.60. The third-order valence-corrected chi connectivity index (χ3v) is 4.34. The predicted molar refractivity (Wildman–Crippen MR) is 68.5 cm³/mol. The summed E-state index contributed by atoms with van der Waals surface area (Å²) in [5.41, 5.74) is 0.289. The van der Waals surface area contributed by atoms with Crippen LogP contribution in [0.1, 0.15) is 18.0 Å². The van der Waals surface area contributed by atoms with Crippen LogP contribution in [0.5, 0.6) is 5.75 Å². The molecule has 1 aromatic rings. The minimum absolute atomic E-state index is 0.00694. The SMILES string of the molecule is O=C(O)NC1CCOc2c(S(=O)(=O)Cl)ccc(Cl)c21. The lowest BCUT2D eigenvalue weighted by atomic mass is 10.0. The van der Waals surface area contributed by atoms with Crippen LogP contribution >= 0.6 is 22.3 Å². The monoisotopic (exact) mass is 325 g/mol. The molecule has 0 aliphatic carbocycles. The highest BCUT2D eigenvalue weighted by Crippen LogP contribution is 2.42. The third-order valence-electron chi connectivity index (χ3n) is 2.67. The maximum Gasteiger partial charge on any atom is 0.405 e. The van der Waals surface area contributed by atoms with E-state index in [2.05, 4.69) is 5.32 Å². The van der Waals surface area contributed by atoms with Gasteiger partial charge in [0.15, 0.2) is 0 Å². The van der Waals surface area contributed by atoms with Gasteiger partial charge < -0.3 is 15.2 Å². The van der Waals surface area contributed by atoms with Gasteiger partial charge in [0.25, 0.3) is 9.05 Å². The van der Waals surface area contributed by atoms with Crippen molar-refractivity contribution in [2.75, 3.05) is 6.61 Å². The Morgan fingerprint density at radius 2 is 2.16 bits per heavy atom. The zero-order valence-corrected chi connectivity index (χ0v) is 11.7. The van der Waals surface area contributed by atoms with Crippen molar-refractivity contribution < 1.29 is 23.1 Å². The van der Waals surface area contributed by atoms with Crippen LogP contribution < -0.4 is 10.1 Å². The molecule has 0 aromatic heterocycles. The lowest BCUT2D eigenvalue weighted by Gasteiger charge is -2.27. The average Bonchev–Trinajstić information content (AvgIpc) is 2.26. The molecule has 1 unspecified atom stereocenters. The van der Waals surface area contributed by atoms with Crippen molar-refractivity contribution in [2.24, 2.45) is 0 Å². The van der Waals surface area contributed by atoms with Crippen LogP contribution in [-0.2, 0) is 9.05 Å². The number of halogens is 2. The van der Waals surface area contributed by atoms with E-state index in [4.69, 9.17) is 32.1 Å². The molecule has 104 valence electrons. The normalized spacial score (nSPS) is 18.3. The number of rotatable bonds is 2. The van der Waals surface area contributed by atoms with Gasteiger partial charge >= 0.3 is 6.09 Å². The van der Waals surface area contributed by atoms with Gasteiger partial charge in [-0.15, -0.1) is 0 Å². The van der Waals surface area contributed by atoms with E-state index in [9.17, 15) is 13.2 Å². The standard InChI is InChI=1S/C10H9Cl2NO5S/c11-5-1-2-7(19(12,16)17)9-8(5)6(3-4-18-9)13-10(14)15/h1-2,6,13H,3-4H2,(H,14,15). The molecule has 0 spiro atoms. The number of amides is 1. The molecule has 1 heterocycles. The number of hydrogen-bond donors (Lipinski definition) is 2. The van der Waals surface area contributed by atoms with E-state index >= 15 is 0 Å². The van der Waals surface area contributed by atoms with Gasteiger partial charge in [-0.1, -0.05) is 11.6 Å². The van der Waals surface area contributed by atoms with Crippen LogP contribution in [0.25, 0.3) is 0 Å². The highest BCUT2D eigenvalue weighted by molar-refractivity contribution is 8.13. The molecule has 0 saturated carbocycles. The summed E-state index contributed by atoms with van der Waals surface area (Å²) >= 11 is 5.99. The topological polar surface area (TPSA) is 92.7 Å². The highest BCUT2D eigenvalue weighted by Gasteiger charge is 2.31.